The van der Waals surface area contributed by atoms with Crippen molar-refractivity contribution < 1.29 is 0 Å². The van der Waals surface area contributed by atoms with Gasteiger partial charge in [-0.3, -0.25) is 0 Å². The molecule has 3 heteroatoms. The number of rotatable bonds is 1. The molecule has 0 atom stereocenters. The molecule has 0 bridgehead atoms. The monoisotopic (exact) mass is 179 g/mol. The summed E-state index contributed by atoms with van der Waals surface area (Å²) in [4.78, 5) is 2.40. The molecule has 1 fully saturated rings. The van der Waals surface area contributed by atoms with E-state index < -0.39 is 0 Å². The first-order valence-electron chi connectivity index (χ1n) is 5.02. The summed E-state index contributed by atoms with van der Waals surface area (Å²) in [7, 11) is 0. The van der Waals surface area contributed by atoms with Gasteiger partial charge in [0.1, 0.15) is 0 Å². The minimum absolute atomic E-state index is 0.883. The first-order valence-corrected chi connectivity index (χ1v) is 5.02. The van der Waals surface area contributed by atoms with E-state index in [1.807, 2.05) is 6.20 Å². The van der Waals surface area contributed by atoms with Crippen LogP contribution in [0.5, 0.6) is 0 Å². The van der Waals surface area contributed by atoms with Crippen LogP contribution in [0.15, 0.2) is 23.7 Å². The maximum Gasteiger partial charge on any atom is 0.0708 e. The summed E-state index contributed by atoms with van der Waals surface area (Å²) >= 11 is 0. The Morgan fingerprint density at radius 1 is 1.23 bits per heavy atom. The number of nitrogens with two attached hydrogens (primary N) is 1. The summed E-state index contributed by atoms with van der Waals surface area (Å²) in [6.07, 6.45) is 8.06. The van der Waals surface area contributed by atoms with Crippen LogP contribution in [0.2, 0.25) is 0 Å². The molecule has 2 aliphatic rings. The molecule has 0 aromatic heterocycles. The third-order valence-corrected chi connectivity index (χ3v) is 2.66. The van der Waals surface area contributed by atoms with E-state index in [0.29, 0.717) is 0 Å². The van der Waals surface area contributed by atoms with Crippen LogP contribution < -0.4 is 11.1 Å². The molecule has 0 aromatic carbocycles. The Morgan fingerprint density at radius 2 is 2.00 bits per heavy atom. The van der Waals surface area contributed by atoms with Crippen LogP contribution in [0.25, 0.3) is 0 Å². The molecule has 72 valence electrons. The standard InChI is InChI=1S/C10H17N3/c11-9-8-12-5-4-10(9)13-6-2-1-3-7-13/h4,8,12H,1-3,5-7,11H2. The fourth-order valence-electron chi connectivity index (χ4n) is 1.96. The van der Waals surface area contributed by atoms with Gasteiger partial charge >= 0.3 is 0 Å². The van der Waals surface area contributed by atoms with E-state index in [2.05, 4.69) is 16.3 Å². The van der Waals surface area contributed by atoms with E-state index in [9.17, 15) is 0 Å². The second-order valence-electron chi connectivity index (χ2n) is 3.65. The highest BCUT2D eigenvalue weighted by molar-refractivity contribution is 5.30. The molecule has 2 rings (SSSR count). The molecule has 0 radical (unpaired) electrons. The summed E-state index contributed by atoms with van der Waals surface area (Å²) in [5, 5.41) is 3.11. The van der Waals surface area contributed by atoms with Gasteiger partial charge < -0.3 is 16.0 Å². The zero-order valence-corrected chi connectivity index (χ0v) is 7.92. The number of hydrogen-bond donors (Lipinski definition) is 2. The van der Waals surface area contributed by atoms with E-state index in [1.54, 1.807) is 0 Å². The first kappa shape index (κ1) is 8.48. The van der Waals surface area contributed by atoms with Gasteiger partial charge in [-0.2, -0.15) is 0 Å². The van der Waals surface area contributed by atoms with E-state index in [-0.39, 0.29) is 0 Å². The van der Waals surface area contributed by atoms with Crippen LogP contribution in [-0.4, -0.2) is 24.5 Å². The van der Waals surface area contributed by atoms with Gasteiger partial charge in [0.15, 0.2) is 0 Å². The van der Waals surface area contributed by atoms with Crippen LogP contribution in [0.4, 0.5) is 0 Å². The third kappa shape index (κ3) is 1.79. The van der Waals surface area contributed by atoms with Gasteiger partial charge in [-0.1, -0.05) is 0 Å². The zero-order chi connectivity index (χ0) is 9.10. The molecule has 0 amide bonds. The molecule has 0 aromatic rings. The number of nitrogens with one attached hydrogen (secondary N) is 1. The van der Waals surface area contributed by atoms with Crippen LogP contribution in [0.3, 0.4) is 0 Å². The lowest BCUT2D eigenvalue weighted by Crippen LogP contribution is -2.34. The smallest absolute Gasteiger partial charge is 0.0708 e. The minimum atomic E-state index is 0.883. The molecular weight excluding hydrogens is 162 g/mol. The predicted molar refractivity (Wildman–Crippen MR) is 53.8 cm³/mol. The average Bonchev–Trinajstić information content (AvgIpc) is 2.20. The van der Waals surface area contributed by atoms with Gasteiger partial charge in [0.25, 0.3) is 0 Å². The van der Waals surface area contributed by atoms with Crippen molar-refractivity contribution in [3.8, 4) is 0 Å². The van der Waals surface area contributed by atoms with Crippen molar-refractivity contribution in [2.24, 2.45) is 5.73 Å². The highest BCUT2D eigenvalue weighted by atomic mass is 15.2. The predicted octanol–water partition coefficient (Wildman–Crippen LogP) is 0.759. The number of nitrogens with zero attached hydrogens (tertiary/aromatic N) is 1. The Morgan fingerprint density at radius 3 is 2.69 bits per heavy atom. The fourth-order valence-corrected chi connectivity index (χ4v) is 1.96. The van der Waals surface area contributed by atoms with Crippen LogP contribution >= 0.6 is 0 Å². The number of piperidine rings is 1. The molecule has 3 nitrogen and oxygen atoms in total. The first-order chi connectivity index (χ1) is 6.38. The second kappa shape index (κ2) is 3.73. The SMILES string of the molecule is NC1=CNCC=C1N1CCCCC1. The minimum Gasteiger partial charge on any atom is -0.396 e. The normalized spacial score (nSPS) is 23.2. The number of hydrogen-bond acceptors (Lipinski definition) is 3. The Labute approximate surface area is 79.3 Å². The van der Waals surface area contributed by atoms with Gasteiger partial charge in [0.05, 0.1) is 11.4 Å². The van der Waals surface area contributed by atoms with Crippen molar-refractivity contribution in [2.75, 3.05) is 19.6 Å². The number of dihydropyridines is 1. The topological polar surface area (TPSA) is 41.3 Å². The van der Waals surface area contributed by atoms with E-state index >= 15 is 0 Å². The molecule has 1 saturated heterocycles. The highest BCUT2D eigenvalue weighted by Gasteiger charge is 2.15. The number of likely N-dealkylation sites (tertiary alicyclic amines) is 1. The maximum atomic E-state index is 5.90. The Hall–Kier alpha value is -1.12. The van der Waals surface area contributed by atoms with E-state index in [0.717, 1.165) is 12.2 Å². The summed E-state index contributed by atoms with van der Waals surface area (Å²) < 4.78 is 0. The molecule has 13 heavy (non-hydrogen) atoms. The quantitative estimate of drug-likeness (QED) is 0.624. The maximum absolute atomic E-state index is 5.90. The van der Waals surface area contributed by atoms with Crippen molar-refractivity contribution >= 4 is 0 Å². The lowest BCUT2D eigenvalue weighted by Gasteiger charge is -2.32. The molecule has 0 unspecified atom stereocenters. The van der Waals surface area contributed by atoms with Crippen molar-refractivity contribution in [1.82, 2.24) is 10.2 Å². The van der Waals surface area contributed by atoms with Crippen molar-refractivity contribution in [3.63, 3.8) is 0 Å². The van der Waals surface area contributed by atoms with Crippen LogP contribution in [0, 0.1) is 0 Å². The van der Waals surface area contributed by atoms with Crippen molar-refractivity contribution in [3.05, 3.63) is 23.7 Å². The highest BCUT2D eigenvalue weighted by Crippen LogP contribution is 2.18. The van der Waals surface area contributed by atoms with Gasteiger partial charge in [0, 0.05) is 25.8 Å². The lowest BCUT2D eigenvalue weighted by atomic mass is 10.1. The molecule has 2 aliphatic heterocycles. The second-order valence-corrected chi connectivity index (χ2v) is 3.65. The van der Waals surface area contributed by atoms with Crippen LogP contribution in [0.1, 0.15) is 19.3 Å². The van der Waals surface area contributed by atoms with Gasteiger partial charge in [0.2, 0.25) is 0 Å². The summed E-state index contributed by atoms with van der Waals surface area (Å²) in [5.74, 6) is 0. The Kier molecular flexibility index (Phi) is 2.43. The van der Waals surface area contributed by atoms with Gasteiger partial charge in [-0.25, -0.2) is 0 Å². The molecule has 3 N–H and O–H groups in total. The van der Waals surface area contributed by atoms with Crippen LogP contribution in [-0.2, 0) is 0 Å². The summed E-state index contributed by atoms with van der Waals surface area (Å²) in [6.45, 7) is 3.24. The summed E-state index contributed by atoms with van der Waals surface area (Å²) in [5.41, 5.74) is 8.02. The third-order valence-electron chi connectivity index (χ3n) is 2.66. The van der Waals surface area contributed by atoms with Gasteiger partial charge in [-0.15, -0.1) is 0 Å². The molecule has 0 spiro atoms. The largest absolute Gasteiger partial charge is 0.396 e. The van der Waals surface area contributed by atoms with Crippen molar-refractivity contribution in [2.45, 2.75) is 19.3 Å². The zero-order valence-electron chi connectivity index (χ0n) is 7.92. The summed E-state index contributed by atoms with van der Waals surface area (Å²) in [6, 6.07) is 0. The van der Waals surface area contributed by atoms with Crippen molar-refractivity contribution in [1.29, 1.82) is 0 Å². The molecular formula is C10H17N3. The molecule has 2 heterocycles. The van der Waals surface area contributed by atoms with Gasteiger partial charge in [-0.05, 0) is 25.3 Å². The van der Waals surface area contributed by atoms with E-state index in [4.69, 9.17) is 5.73 Å². The Balaban J connectivity index is 2.05. The molecule has 0 aliphatic carbocycles. The average molecular weight is 179 g/mol. The Bertz CT molecular complexity index is 237. The molecule has 0 saturated carbocycles. The van der Waals surface area contributed by atoms with E-state index in [1.165, 1.54) is 38.0 Å². The lowest BCUT2D eigenvalue weighted by molar-refractivity contribution is 0.287. The fraction of sp³-hybridized carbons (Fsp3) is 0.600.